The summed E-state index contributed by atoms with van der Waals surface area (Å²) in [6.45, 7) is 6.39. The third-order valence-electron chi connectivity index (χ3n) is 3.11. The molecule has 80 valence electrons. The molecule has 0 radical (unpaired) electrons. The molecule has 1 aliphatic rings. The Bertz CT molecular complexity index is 435. The largest absolute Gasteiger partial charge is 0.326 e. The SMILES string of the molecule is Cc1cc(CN)cc2c1NC(=O)C2(C)C. The van der Waals surface area contributed by atoms with Crippen LogP contribution in [0.4, 0.5) is 5.69 Å². The highest BCUT2D eigenvalue weighted by Gasteiger charge is 2.39. The van der Waals surface area contributed by atoms with Crippen molar-refractivity contribution in [1.82, 2.24) is 0 Å². The topological polar surface area (TPSA) is 55.1 Å². The predicted octanol–water partition coefficient (Wildman–Crippen LogP) is 1.68. The third kappa shape index (κ3) is 1.35. The van der Waals surface area contributed by atoms with Gasteiger partial charge in [0.05, 0.1) is 5.41 Å². The van der Waals surface area contributed by atoms with Crippen molar-refractivity contribution >= 4 is 11.6 Å². The first-order valence-electron chi connectivity index (χ1n) is 5.12. The Morgan fingerprint density at radius 1 is 1.40 bits per heavy atom. The van der Waals surface area contributed by atoms with E-state index in [1.807, 2.05) is 32.9 Å². The minimum absolute atomic E-state index is 0.0646. The van der Waals surface area contributed by atoms with Gasteiger partial charge in [-0.2, -0.15) is 0 Å². The highest BCUT2D eigenvalue weighted by Crippen LogP contribution is 2.39. The predicted molar refractivity (Wildman–Crippen MR) is 60.7 cm³/mol. The zero-order valence-corrected chi connectivity index (χ0v) is 9.35. The Labute approximate surface area is 89.7 Å². The van der Waals surface area contributed by atoms with Crippen molar-refractivity contribution in [2.45, 2.75) is 32.7 Å². The van der Waals surface area contributed by atoms with Gasteiger partial charge in [-0.25, -0.2) is 0 Å². The molecule has 0 atom stereocenters. The first-order chi connectivity index (χ1) is 6.96. The quantitative estimate of drug-likeness (QED) is 0.731. The molecule has 1 aliphatic heterocycles. The van der Waals surface area contributed by atoms with Crippen LogP contribution in [0.3, 0.4) is 0 Å². The van der Waals surface area contributed by atoms with Gasteiger partial charge in [-0.15, -0.1) is 0 Å². The highest BCUT2D eigenvalue weighted by molar-refractivity contribution is 6.06. The Morgan fingerprint density at radius 2 is 2.07 bits per heavy atom. The standard InChI is InChI=1S/C12H16N2O/c1-7-4-8(6-13)5-9-10(7)14-11(15)12(9,2)3/h4-5H,6,13H2,1-3H3,(H,14,15). The summed E-state index contributed by atoms with van der Waals surface area (Å²) in [4.78, 5) is 11.8. The van der Waals surface area contributed by atoms with Gasteiger partial charge in [-0.05, 0) is 37.5 Å². The number of nitrogens with one attached hydrogen (secondary N) is 1. The Balaban J connectivity index is 2.66. The second kappa shape index (κ2) is 3.07. The monoisotopic (exact) mass is 204 g/mol. The van der Waals surface area contributed by atoms with Crippen LogP contribution in [0.25, 0.3) is 0 Å². The lowest BCUT2D eigenvalue weighted by Gasteiger charge is -2.16. The van der Waals surface area contributed by atoms with Crippen LogP contribution in [-0.2, 0) is 16.8 Å². The second-order valence-electron chi connectivity index (χ2n) is 4.62. The van der Waals surface area contributed by atoms with Gasteiger partial charge in [0, 0.05) is 12.2 Å². The van der Waals surface area contributed by atoms with E-state index in [0.29, 0.717) is 6.54 Å². The van der Waals surface area contributed by atoms with Gasteiger partial charge in [0.25, 0.3) is 0 Å². The number of hydrogen-bond acceptors (Lipinski definition) is 2. The lowest BCUT2D eigenvalue weighted by atomic mass is 9.84. The molecule has 0 aliphatic carbocycles. The Hall–Kier alpha value is -1.35. The van der Waals surface area contributed by atoms with Crippen molar-refractivity contribution in [3.05, 3.63) is 28.8 Å². The molecule has 1 aromatic rings. The summed E-state index contributed by atoms with van der Waals surface area (Å²) in [7, 11) is 0. The molecule has 0 spiro atoms. The molecule has 2 rings (SSSR count). The van der Waals surface area contributed by atoms with Crippen molar-refractivity contribution in [2.75, 3.05) is 5.32 Å². The van der Waals surface area contributed by atoms with E-state index in [-0.39, 0.29) is 5.91 Å². The lowest BCUT2D eigenvalue weighted by Crippen LogP contribution is -2.26. The van der Waals surface area contributed by atoms with Crippen molar-refractivity contribution in [3.63, 3.8) is 0 Å². The number of benzene rings is 1. The first kappa shape index (κ1) is 10.2. The maximum absolute atomic E-state index is 11.8. The van der Waals surface area contributed by atoms with Gasteiger partial charge in [-0.1, -0.05) is 12.1 Å². The molecular formula is C12H16N2O. The van der Waals surface area contributed by atoms with E-state index >= 15 is 0 Å². The fourth-order valence-electron chi connectivity index (χ4n) is 2.03. The van der Waals surface area contributed by atoms with Crippen LogP contribution in [0.2, 0.25) is 0 Å². The van der Waals surface area contributed by atoms with Crippen LogP contribution in [0, 0.1) is 6.92 Å². The van der Waals surface area contributed by atoms with E-state index in [1.54, 1.807) is 0 Å². The summed E-state index contributed by atoms with van der Waals surface area (Å²) >= 11 is 0. The summed E-state index contributed by atoms with van der Waals surface area (Å²) < 4.78 is 0. The molecule has 0 aromatic heterocycles. The van der Waals surface area contributed by atoms with Crippen LogP contribution < -0.4 is 11.1 Å². The summed E-state index contributed by atoms with van der Waals surface area (Å²) in [6.07, 6.45) is 0. The van der Waals surface area contributed by atoms with E-state index in [2.05, 4.69) is 5.32 Å². The molecule has 1 amide bonds. The molecule has 0 saturated carbocycles. The number of carbonyl (C=O) groups is 1. The average molecular weight is 204 g/mol. The zero-order valence-electron chi connectivity index (χ0n) is 9.35. The smallest absolute Gasteiger partial charge is 0.234 e. The van der Waals surface area contributed by atoms with Gasteiger partial charge in [0.15, 0.2) is 0 Å². The Kier molecular flexibility index (Phi) is 2.08. The molecule has 0 unspecified atom stereocenters. The first-order valence-corrected chi connectivity index (χ1v) is 5.12. The maximum atomic E-state index is 11.8. The molecular weight excluding hydrogens is 188 g/mol. The summed E-state index contributed by atoms with van der Waals surface area (Å²) in [5, 5.41) is 2.93. The summed E-state index contributed by atoms with van der Waals surface area (Å²) in [5.41, 5.74) is 9.38. The number of rotatable bonds is 1. The second-order valence-corrected chi connectivity index (χ2v) is 4.62. The summed E-state index contributed by atoms with van der Waals surface area (Å²) in [6, 6.07) is 4.06. The molecule has 3 heteroatoms. The van der Waals surface area contributed by atoms with Gasteiger partial charge in [-0.3, -0.25) is 4.79 Å². The number of nitrogens with two attached hydrogens (primary N) is 1. The Morgan fingerprint density at radius 3 is 2.67 bits per heavy atom. The third-order valence-corrected chi connectivity index (χ3v) is 3.11. The average Bonchev–Trinajstić information content (AvgIpc) is 2.41. The molecule has 0 saturated heterocycles. The van der Waals surface area contributed by atoms with Crippen molar-refractivity contribution in [3.8, 4) is 0 Å². The molecule has 15 heavy (non-hydrogen) atoms. The van der Waals surface area contributed by atoms with Crippen molar-refractivity contribution < 1.29 is 4.79 Å². The highest BCUT2D eigenvalue weighted by atomic mass is 16.2. The number of aryl methyl sites for hydroxylation is 1. The summed E-state index contributed by atoms with van der Waals surface area (Å²) in [5.74, 6) is 0.0646. The number of amides is 1. The molecule has 1 aromatic carbocycles. The molecule has 0 fully saturated rings. The van der Waals surface area contributed by atoms with Crippen molar-refractivity contribution in [1.29, 1.82) is 0 Å². The van der Waals surface area contributed by atoms with E-state index < -0.39 is 5.41 Å². The van der Waals surface area contributed by atoms with Crippen LogP contribution in [0.15, 0.2) is 12.1 Å². The van der Waals surface area contributed by atoms with E-state index in [4.69, 9.17) is 5.73 Å². The number of anilines is 1. The van der Waals surface area contributed by atoms with Crippen LogP contribution in [0.1, 0.15) is 30.5 Å². The van der Waals surface area contributed by atoms with Crippen molar-refractivity contribution in [2.24, 2.45) is 5.73 Å². The minimum Gasteiger partial charge on any atom is -0.326 e. The molecule has 0 bridgehead atoms. The number of carbonyl (C=O) groups excluding carboxylic acids is 1. The maximum Gasteiger partial charge on any atom is 0.234 e. The normalized spacial score (nSPS) is 17.5. The fraction of sp³-hybridized carbons (Fsp3) is 0.417. The van der Waals surface area contributed by atoms with Crippen LogP contribution in [0.5, 0.6) is 0 Å². The van der Waals surface area contributed by atoms with E-state index in [1.165, 1.54) is 0 Å². The van der Waals surface area contributed by atoms with Gasteiger partial charge < -0.3 is 11.1 Å². The molecule has 3 N–H and O–H groups in total. The van der Waals surface area contributed by atoms with Gasteiger partial charge in [0.1, 0.15) is 0 Å². The molecule has 3 nitrogen and oxygen atoms in total. The minimum atomic E-state index is -0.439. The van der Waals surface area contributed by atoms with E-state index in [9.17, 15) is 4.79 Å². The van der Waals surface area contributed by atoms with Crippen LogP contribution in [-0.4, -0.2) is 5.91 Å². The van der Waals surface area contributed by atoms with E-state index in [0.717, 1.165) is 22.4 Å². The van der Waals surface area contributed by atoms with Gasteiger partial charge >= 0.3 is 0 Å². The molecule has 1 heterocycles. The zero-order chi connectivity index (χ0) is 11.2. The van der Waals surface area contributed by atoms with Gasteiger partial charge in [0.2, 0.25) is 5.91 Å². The fourth-order valence-corrected chi connectivity index (χ4v) is 2.03. The van der Waals surface area contributed by atoms with Crippen LogP contribution >= 0.6 is 0 Å². The number of fused-ring (bicyclic) bond motifs is 1. The number of hydrogen-bond donors (Lipinski definition) is 2. The lowest BCUT2D eigenvalue weighted by molar-refractivity contribution is -0.119.